The highest BCUT2D eigenvalue weighted by Crippen LogP contribution is 2.17. The highest BCUT2D eigenvalue weighted by Gasteiger charge is 2.12. The fourth-order valence-corrected chi connectivity index (χ4v) is 1.73. The van der Waals surface area contributed by atoms with Crippen LogP contribution in [0, 0.1) is 6.57 Å². The third-order valence-corrected chi connectivity index (χ3v) is 2.50. The molecule has 0 unspecified atom stereocenters. The van der Waals surface area contributed by atoms with Gasteiger partial charge in [-0.2, -0.15) is 0 Å². The molecule has 1 aliphatic heterocycles. The van der Waals surface area contributed by atoms with Crippen molar-refractivity contribution >= 4 is 5.82 Å². The molecule has 3 nitrogen and oxygen atoms in total. The number of pyridine rings is 1. The predicted molar refractivity (Wildman–Crippen MR) is 56.0 cm³/mol. The van der Waals surface area contributed by atoms with Crippen LogP contribution in [-0.4, -0.2) is 18.1 Å². The van der Waals surface area contributed by atoms with E-state index in [1.54, 1.807) is 0 Å². The maximum atomic E-state index is 6.75. The molecule has 72 valence electrons. The van der Waals surface area contributed by atoms with Crippen LogP contribution in [0.25, 0.3) is 4.85 Å². The van der Waals surface area contributed by atoms with E-state index in [1.807, 2.05) is 18.3 Å². The maximum Gasteiger partial charge on any atom is 0.241 e. The summed E-state index contributed by atoms with van der Waals surface area (Å²) in [6.45, 7) is 9.43. The van der Waals surface area contributed by atoms with Crippen LogP contribution in [0.1, 0.15) is 18.4 Å². The SMILES string of the molecule is [C-]#[N+]Cc1ccc(N2CCCC2)nc1. The first kappa shape index (κ1) is 9.01. The zero-order chi connectivity index (χ0) is 9.80. The summed E-state index contributed by atoms with van der Waals surface area (Å²) in [5.41, 5.74) is 1.00. The van der Waals surface area contributed by atoms with Crippen molar-refractivity contribution in [3.63, 3.8) is 0 Å². The summed E-state index contributed by atoms with van der Waals surface area (Å²) in [5, 5.41) is 0. The summed E-state index contributed by atoms with van der Waals surface area (Å²) in [4.78, 5) is 9.98. The van der Waals surface area contributed by atoms with Gasteiger partial charge in [0, 0.05) is 24.8 Å². The highest BCUT2D eigenvalue weighted by atomic mass is 15.2. The lowest BCUT2D eigenvalue weighted by atomic mass is 10.3. The second kappa shape index (κ2) is 4.10. The van der Waals surface area contributed by atoms with E-state index in [4.69, 9.17) is 6.57 Å². The van der Waals surface area contributed by atoms with Crippen LogP contribution in [0.2, 0.25) is 0 Å². The van der Waals surface area contributed by atoms with E-state index in [0.29, 0.717) is 6.54 Å². The molecule has 0 radical (unpaired) electrons. The fraction of sp³-hybridized carbons (Fsp3) is 0.455. The molecule has 0 N–H and O–H groups in total. The van der Waals surface area contributed by atoms with Crippen LogP contribution in [0.4, 0.5) is 5.82 Å². The van der Waals surface area contributed by atoms with Crippen molar-refractivity contribution in [1.82, 2.24) is 4.98 Å². The van der Waals surface area contributed by atoms with Crippen molar-refractivity contribution in [3.8, 4) is 0 Å². The molecular formula is C11H13N3. The Hall–Kier alpha value is -1.56. The number of nitrogens with zero attached hydrogens (tertiary/aromatic N) is 3. The lowest BCUT2D eigenvalue weighted by Crippen LogP contribution is -2.18. The van der Waals surface area contributed by atoms with E-state index in [-0.39, 0.29) is 0 Å². The van der Waals surface area contributed by atoms with Crippen LogP contribution < -0.4 is 4.90 Å². The minimum Gasteiger partial charge on any atom is -0.357 e. The summed E-state index contributed by atoms with van der Waals surface area (Å²) in [5.74, 6) is 1.05. The minimum atomic E-state index is 0.438. The first-order chi connectivity index (χ1) is 6.90. The number of rotatable bonds is 2. The molecule has 0 spiro atoms. The van der Waals surface area contributed by atoms with Gasteiger partial charge in [0.25, 0.3) is 0 Å². The minimum absolute atomic E-state index is 0.438. The molecule has 1 saturated heterocycles. The molecule has 0 aliphatic carbocycles. The lowest BCUT2D eigenvalue weighted by Gasteiger charge is -2.15. The molecule has 0 saturated carbocycles. The quantitative estimate of drug-likeness (QED) is 0.661. The van der Waals surface area contributed by atoms with Gasteiger partial charge in [-0.25, -0.2) is 11.6 Å². The van der Waals surface area contributed by atoms with Gasteiger partial charge in [-0.15, -0.1) is 0 Å². The van der Waals surface area contributed by atoms with E-state index >= 15 is 0 Å². The second-order valence-electron chi connectivity index (χ2n) is 3.54. The normalized spacial score (nSPS) is 15.5. The Morgan fingerprint density at radius 2 is 2.14 bits per heavy atom. The molecule has 1 aliphatic rings. The van der Waals surface area contributed by atoms with E-state index in [1.165, 1.54) is 12.8 Å². The van der Waals surface area contributed by atoms with Crippen LogP contribution in [0.5, 0.6) is 0 Å². The standard InChI is InChI=1S/C11H13N3/c1-12-8-10-4-5-11(13-9-10)14-6-2-3-7-14/h4-5,9H,2-3,6-8H2. The van der Waals surface area contributed by atoms with Crippen LogP contribution >= 0.6 is 0 Å². The van der Waals surface area contributed by atoms with Gasteiger partial charge in [0.2, 0.25) is 6.54 Å². The van der Waals surface area contributed by atoms with E-state index in [0.717, 1.165) is 24.5 Å². The molecule has 2 rings (SSSR count). The lowest BCUT2D eigenvalue weighted by molar-refractivity contribution is 0.934. The van der Waals surface area contributed by atoms with Gasteiger partial charge in [-0.3, -0.25) is 0 Å². The molecule has 0 amide bonds. The third kappa shape index (κ3) is 1.85. The monoisotopic (exact) mass is 187 g/mol. The van der Waals surface area contributed by atoms with E-state index in [2.05, 4.69) is 14.7 Å². The van der Waals surface area contributed by atoms with Crippen molar-refractivity contribution in [3.05, 3.63) is 35.3 Å². The number of anilines is 1. The molecular weight excluding hydrogens is 174 g/mol. The van der Waals surface area contributed by atoms with Gasteiger partial charge >= 0.3 is 0 Å². The zero-order valence-electron chi connectivity index (χ0n) is 8.11. The number of hydrogen-bond acceptors (Lipinski definition) is 2. The molecule has 3 heteroatoms. The average molecular weight is 187 g/mol. The molecule has 0 atom stereocenters. The molecule has 0 aromatic carbocycles. The van der Waals surface area contributed by atoms with Crippen molar-refractivity contribution in [2.24, 2.45) is 0 Å². The van der Waals surface area contributed by atoms with Gasteiger partial charge in [-0.1, -0.05) is 0 Å². The van der Waals surface area contributed by atoms with Gasteiger partial charge in [0.05, 0.1) is 0 Å². The predicted octanol–water partition coefficient (Wildman–Crippen LogP) is 2.10. The molecule has 14 heavy (non-hydrogen) atoms. The van der Waals surface area contributed by atoms with Crippen LogP contribution in [0.3, 0.4) is 0 Å². The number of aromatic nitrogens is 1. The summed E-state index contributed by atoms with van der Waals surface area (Å²) < 4.78 is 0. The average Bonchev–Trinajstić information content (AvgIpc) is 2.72. The maximum absolute atomic E-state index is 6.75. The van der Waals surface area contributed by atoms with Gasteiger partial charge in [-0.05, 0) is 25.0 Å². The first-order valence-electron chi connectivity index (χ1n) is 4.93. The number of hydrogen-bond donors (Lipinski definition) is 0. The third-order valence-electron chi connectivity index (χ3n) is 2.50. The molecule has 1 fully saturated rings. The Kier molecular flexibility index (Phi) is 2.64. The molecule has 0 bridgehead atoms. The van der Waals surface area contributed by atoms with Crippen molar-refractivity contribution in [2.45, 2.75) is 19.4 Å². The molecule has 2 heterocycles. The highest BCUT2D eigenvalue weighted by molar-refractivity contribution is 5.40. The summed E-state index contributed by atoms with van der Waals surface area (Å²) in [7, 11) is 0. The summed E-state index contributed by atoms with van der Waals surface area (Å²) in [6.07, 6.45) is 4.35. The molecule has 1 aromatic rings. The first-order valence-corrected chi connectivity index (χ1v) is 4.93. The Balaban J connectivity index is 2.09. The Labute approximate surface area is 84.2 Å². The van der Waals surface area contributed by atoms with Crippen molar-refractivity contribution in [1.29, 1.82) is 0 Å². The summed E-state index contributed by atoms with van der Waals surface area (Å²) >= 11 is 0. The van der Waals surface area contributed by atoms with Crippen LogP contribution in [-0.2, 0) is 6.54 Å². The van der Waals surface area contributed by atoms with Gasteiger partial charge in [0.1, 0.15) is 5.82 Å². The summed E-state index contributed by atoms with van der Waals surface area (Å²) in [6, 6.07) is 4.02. The largest absolute Gasteiger partial charge is 0.357 e. The zero-order valence-corrected chi connectivity index (χ0v) is 8.11. The topological polar surface area (TPSA) is 20.5 Å². The fourth-order valence-electron chi connectivity index (χ4n) is 1.73. The Morgan fingerprint density at radius 3 is 2.71 bits per heavy atom. The van der Waals surface area contributed by atoms with Gasteiger partial charge < -0.3 is 9.74 Å². The van der Waals surface area contributed by atoms with Gasteiger partial charge in [0.15, 0.2) is 0 Å². The van der Waals surface area contributed by atoms with E-state index in [9.17, 15) is 0 Å². The Morgan fingerprint density at radius 1 is 1.36 bits per heavy atom. The Bertz CT molecular complexity index is 331. The van der Waals surface area contributed by atoms with Crippen molar-refractivity contribution in [2.75, 3.05) is 18.0 Å². The second-order valence-corrected chi connectivity index (χ2v) is 3.54. The van der Waals surface area contributed by atoms with Crippen molar-refractivity contribution < 1.29 is 0 Å². The van der Waals surface area contributed by atoms with Crippen LogP contribution in [0.15, 0.2) is 18.3 Å². The van der Waals surface area contributed by atoms with E-state index < -0.39 is 0 Å². The smallest absolute Gasteiger partial charge is 0.241 e. The molecule has 1 aromatic heterocycles.